The summed E-state index contributed by atoms with van der Waals surface area (Å²) in [5.74, 6) is 0.321. The largest absolute Gasteiger partial charge is 0.494 e. The van der Waals surface area contributed by atoms with Gasteiger partial charge in [0.05, 0.1) is 23.2 Å². The Kier molecular flexibility index (Phi) is 5.98. The lowest BCUT2D eigenvalue weighted by atomic mass is 10.2. The van der Waals surface area contributed by atoms with Gasteiger partial charge in [0.15, 0.2) is 5.11 Å². The number of ether oxygens (including phenoxy) is 1. The van der Waals surface area contributed by atoms with Gasteiger partial charge in [-0.1, -0.05) is 6.07 Å². The van der Waals surface area contributed by atoms with E-state index in [1.54, 1.807) is 6.92 Å². The molecule has 2 rings (SSSR count). The fourth-order valence-corrected chi connectivity index (χ4v) is 2.31. The molecule has 0 aromatic heterocycles. The van der Waals surface area contributed by atoms with Gasteiger partial charge in [-0.15, -0.1) is 0 Å². The third-order valence-electron chi connectivity index (χ3n) is 3.17. The van der Waals surface area contributed by atoms with E-state index in [4.69, 9.17) is 17.0 Å². The molecule has 2 aromatic carbocycles. The average Bonchev–Trinajstić information content (AvgIpc) is 2.55. The Balaban J connectivity index is 2.16. The molecule has 0 aliphatic rings. The number of nitro groups is 1. The van der Waals surface area contributed by atoms with Crippen molar-refractivity contribution >= 4 is 34.4 Å². The van der Waals surface area contributed by atoms with Gasteiger partial charge < -0.3 is 15.4 Å². The van der Waals surface area contributed by atoms with Crippen molar-refractivity contribution in [3.63, 3.8) is 0 Å². The highest BCUT2D eigenvalue weighted by Crippen LogP contribution is 2.31. The molecule has 2 N–H and O–H groups in total. The van der Waals surface area contributed by atoms with E-state index < -0.39 is 16.7 Å². The van der Waals surface area contributed by atoms with E-state index >= 15 is 0 Å². The van der Waals surface area contributed by atoms with Crippen LogP contribution in [-0.2, 0) is 6.18 Å². The van der Waals surface area contributed by atoms with E-state index in [-0.39, 0.29) is 22.2 Å². The molecule has 0 bridgehead atoms. The first-order chi connectivity index (χ1) is 12.2. The number of anilines is 2. The molecule has 6 nitrogen and oxygen atoms in total. The van der Waals surface area contributed by atoms with E-state index in [2.05, 4.69) is 10.6 Å². The van der Waals surface area contributed by atoms with Crippen LogP contribution in [0.1, 0.15) is 12.5 Å². The number of rotatable bonds is 5. The van der Waals surface area contributed by atoms with Gasteiger partial charge in [-0.3, -0.25) is 10.1 Å². The van der Waals surface area contributed by atoms with Crippen molar-refractivity contribution in [3.8, 4) is 5.75 Å². The molecule has 0 unspecified atom stereocenters. The van der Waals surface area contributed by atoms with Crippen molar-refractivity contribution in [2.45, 2.75) is 13.1 Å². The number of hydrogen-bond acceptors (Lipinski definition) is 4. The highest BCUT2D eigenvalue weighted by Gasteiger charge is 2.30. The van der Waals surface area contributed by atoms with Crippen LogP contribution in [0.4, 0.5) is 30.2 Å². The number of halogens is 3. The molecule has 0 amide bonds. The highest BCUT2D eigenvalue weighted by atomic mass is 32.1. The van der Waals surface area contributed by atoms with Crippen LogP contribution in [0.25, 0.3) is 0 Å². The maximum absolute atomic E-state index is 12.7. The van der Waals surface area contributed by atoms with Crippen molar-refractivity contribution in [1.82, 2.24) is 0 Å². The number of hydrogen-bond donors (Lipinski definition) is 2. The maximum Gasteiger partial charge on any atom is 0.416 e. The van der Waals surface area contributed by atoms with Crippen molar-refractivity contribution in [1.29, 1.82) is 0 Å². The topological polar surface area (TPSA) is 76.4 Å². The van der Waals surface area contributed by atoms with Gasteiger partial charge in [0.2, 0.25) is 0 Å². The summed E-state index contributed by atoms with van der Waals surface area (Å²) in [6.07, 6.45) is -4.49. The van der Waals surface area contributed by atoms with E-state index in [1.807, 2.05) is 0 Å². The van der Waals surface area contributed by atoms with Gasteiger partial charge in [0.1, 0.15) is 11.4 Å². The summed E-state index contributed by atoms with van der Waals surface area (Å²) in [5.41, 5.74) is -0.921. The van der Waals surface area contributed by atoms with Gasteiger partial charge in [0.25, 0.3) is 5.69 Å². The molecule has 0 radical (unpaired) electrons. The van der Waals surface area contributed by atoms with Crippen molar-refractivity contribution in [2.75, 3.05) is 17.2 Å². The van der Waals surface area contributed by atoms with Gasteiger partial charge in [-0.25, -0.2) is 0 Å². The maximum atomic E-state index is 12.7. The zero-order valence-electron chi connectivity index (χ0n) is 13.5. The number of benzene rings is 2. The summed E-state index contributed by atoms with van der Waals surface area (Å²) in [5, 5.41) is 16.3. The molecule has 0 saturated heterocycles. The minimum atomic E-state index is -4.49. The third-order valence-corrected chi connectivity index (χ3v) is 3.38. The second-order valence-corrected chi connectivity index (χ2v) is 5.44. The van der Waals surface area contributed by atoms with Crippen LogP contribution in [0, 0.1) is 10.1 Å². The second-order valence-electron chi connectivity index (χ2n) is 5.03. The van der Waals surface area contributed by atoms with Crippen LogP contribution in [0.3, 0.4) is 0 Å². The molecule has 2 aromatic rings. The molecular formula is C16H14F3N3O3S. The summed E-state index contributed by atoms with van der Waals surface area (Å²) in [4.78, 5) is 10.6. The minimum absolute atomic E-state index is 0.0860. The van der Waals surface area contributed by atoms with Gasteiger partial charge >= 0.3 is 6.18 Å². The van der Waals surface area contributed by atoms with Crippen molar-refractivity contribution < 1.29 is 22.8 Å². The summed E-state index contributed by atoms with van der Waals surface area (Å²) in [7, 11) is 0. The van der Waals surface area contributed by atoms with E-state index in [0.717, 1.165) is 12.1 Å². The monoisotopic (exact) mass is 385 g/mol. The van der Waals surface area contributed by atoms with Crippen molar-refractivity contribution in [2.24, 2.45) is 0 Å². The first kappa shape index (κ1) is 19.4. The molecular weight excluding hydrogens is 371 g/mol. The number of nitrogens with one attached hydrogen (secondary N) is 2. The number of nitro benzene ring substituents is 1. The molecule has 10 heteroatoms. The Morgan fingerprint density at radius 3 is 2.58 bits per heavy atom. The molecule has 0 aliphatic carbocycles. The Morgan fingerprint density at radius 1 is 1.23 bits per heavy atom. The Morgan fingerprint density at radius 2 is 1.96 bits per heavy atom. The van der Waals surface area contributed by atoms with Gasteiger partial charge in [-0.2, -0.15) is 13.2 Å². The summed E-state index contributed by atoms with van der Waals surface area (Å²) in [6.45, 7) is 2.09. The predicted molar refractivity (Wildman–Crippen MR) is 95.6 cm³/mol. The smallest absolute Gasteiger partial charge is 0.416 e. The SMILES string of the molecule is CCOc1ccc(NC(=S)Nc2cccc(C(F)(F)F)c2)c([N+](=O)[O-])c1. The Hall–Kier alpha value is -2.88. The van der Waals surface area contributed by atoms with Crippen LogP contribution in [0.2, 0.25) is 0 Å². The zero-order valence-corrected chi connectivity index (χ0v) is 14.3. The quantitative estimate of drug-likeness (QED) is 0.437. The van der Waals surface area contributed by atoms with Gasteiger partial charge in [0, 0.05) is 5.69 Å². The van der Waals surface area contributed by atoms with Crippen LogP contribution >= 0.6 is 12.2 Å². The van der Waals surface area contributed by atoms with Crippen LogP contribution in [0.5, 0.6) is 5.75 Å². The van der Waals surface area contributed by atoms with E-state index in [0.29, 0.717) is 12.4 Å². The number of alkyl halides is 3. The zero-order chi connectivity index (χ0) is 19.3. The fourth-order valence-electron chi connectivity index (χ4n) is 2.08. The number of nitrogens with zero attached hydrogens (tertiary/aromatic N) is 1. The van der Waals surface area contributed by atoms with E-state index in [9.17, 15) is 23.3 Å². The average molecular weight is 385 g/mol. The van der Waals surface area contributed by atoms with Crippen LogP contribution in [-0.4, -0.2) is 16.6 Å². The third kappa shape index (κ3) is 5.06. The van der Waals surface area contributed by atoms with Crippen LogP contribution in [0.15, 0.2) is 42.5 Å². The lowest BCUT2D eigenvalue weighted by Crippen LogP contribution is -2.20. The fraction of sp³-hybridized carbons (Fsp3) is 0.188. The van der Waals surface area contributed by atoms with Crippen LogP contribution < -0.4 is 15.4 Å². The first-order valence-electron chi connectivity index (χ1n) is 7.37. The molecule has 0 atom stereocenters. The minimum Gasteiger partial charge on any atom is -0.494 e. The molecule has 26 heavy (non-hydrogen) atoms. The van der Waals surface area contributed by atoms with Gasteiger partial charge in [-0.05, 0) is 49.5 Å². The number of thiocarbonyl (C=S) groups is 1. The molecule has 0 saturated carbocycles. The molecule has 0 fully saturated rings. The summed E-state index contributed by atoms with van der Waals surface area (Å²) < 4.78 is 43.4. The standard InChI is InChI=1S/C16H14F3N3O3S/c1-2-25-12-6-7-13(14(9-12)22(23)24)21-15(26)20-11-5-3-4-10(8-11)16(17,18)19/h3-9H,2H2,1H3,(H2,20,21,26). The molecule has 138 valence electrons. The highest BCUT2D eigenvalue weighted by molar-refractivity contribution is 7.80. The first-order valence-corrected chi connectivity index (χ1v) is 7.78. The second kappa shape index (κ2) is 8.00. The summed E-state index contributed by atoms with van der Waals surface area (Å²) in [6, 6.07) is 8.61. The molecule has 0 spiro atoms. The molecule has 0 aliphatic heterocycles. The Bertz CT molecular complexity index is 828. The summed E-state index contributed by atoms with van der Waals surface area (Å²) >= 11 is 5.03. The Labute approximate surface area is 152 Å². The van der Waals surface area contributed by atoms with Crippen molar-refractivity contribution in [3.05, 3.63) is 58.1 Å². The molecule has 0 heterocycles. The normalized spacial score (nSPS) is 10.9. The predicted octanol–water partition coefficient (Wildman–Crippen LogP) is 4.82. The lowest BCUT2D eigenvalue weighted by molar-refractivity contribution is -0.384. The van der Waals surface area contributed by atoms with E-state index in [1.165, 1.54) is 30.3 Å². The lowest BCUT2D eigenvalue weighted by Gasteiger charge is -2.13.